The van der Waals surface area contributed by atoms with E-state index in [9.17, 15) is 9.90 Å². The molecule has 104 valence electrons. The predicted octanol–water partition coefficient (Wildman–Crippen LogP) is 1.48. The first kappa shape index (κ1) is 14.1. The lowest BCUT2D eigenvalue weighted by molar-refractivity contribution is -0.113. The van der Waals surface area contributed by atoms with Crippen molar-refractivity contribution < 1.29 is 9.90 Å². The number of aliphatic hydroxyl groups is 1. The smallest absolute Gasteiger partial charge is 0.234 e. The molecule has 3 N–H and O–H groups in total. The van der Waals surface area contributed by atoms with Gasteiger partial charge in [-0.15, -0.1) is 0 Å². The molecule has 0 saturated carbocycles. The van der Waals surface area contributed by atoms with Crippen molar-refractivity contribution in [1.29, 1.82) is 0 Å². The fraction of sp³-hybridized carbons (Fsp3) is 0.583. The Morgan fingerprint density at radius 1 is 1.47 bits per heavy atom. The number of anilines is 2. The van der Waals surface area contributed by atoms with Gasteiger partial charge in [0.1, 0.15) is 17.0 Å². The first-order chi connectivity index (χ1) is 9.08. The summed E-state index contributed by atoms with van der Waals surface area (Å²) in [6.45, 7) is 4.28. The molecule has 0 radical (unpaired) electrons. The molecule has 0 unspecified atom stereocenters. The summed E-state index contributed by atoms with van der Waals surface area (Å²) in [6.07, 6.45) is 2.78. The fourth-order valence-electron chi connectivity index (χ4n) is 1.78. The molecule has 1 aliphatic heterocycles. The third kappa shape index (κ3) is 3.16. The number of hydrogen-bond donors (Lipinski definition) is 3. The van der Waals surface area contributed by atoms with Gasteiger partial charge in [0.05, 0.1) is 11.4 Å². The maximum absolute atomic E-state index is 11.4. The maximum Gasteiger partial charge on any atom is 0.234 e. The van der Waals surface area contributed by atoms with Gasteiger partial charge in [0, 0.05) is 6.54 Å². The largest absolute Gasteiger partial charge is 0.388 e. The van der Waals surface area contributed by atoms with E-state index < -0.39 is 5.60 Å². The van der Waals surface area contributed by atoms with Crippen molar-refractivity contribution in [2.24, 2.45) is 0 Å². The lowest BCUT2D eigenvalue weighted by Gasteiger charge is -2.26. The van der Waals surface area contributed by atoms with Gasteiger partial charge in [0.15, 0.2) is 5.82 Å². The van der Waals surface area contributed by atoms with E-state index >= 15 is 0 Å². The second-order valence-corrected chi connectivity index (χ2v) is 5.49. The zero-order valence-electron chi connectivity index (χ0n) is 11.1. The number of thioether (sulfide) groups is 1. The standard InChI is InChI=1S/C12H18N4O2S/c1-3-12(18,4-2)6-13-10-9-11(15-7-14-10)19-5-8(17)16-9/h7,18H,3-6H2,1-2H3,(H,16,17)(H,13,14,15). The molecule has 7 heteroatoms. The number of aromatic nitrogens is 2. The minimum Gasteiger partial charge on any atom is -0.388 e. The molecule has 0 spiro atoms. The highest BCUT2D eigenvalue weighted by atomic mass is 32.2. The van der Waals surface area contributed by atoms with Crippen molar-refractivity contribution in [3.8, 4) is 0 Å². The van der Waals surface area contributed by atoms with Crippen LogP contribution in [0.5, 0.6) is 0 Å². The minimum absolute atomic E-state index is 0.0587. The average Bonchev–Trinajstić information content (AvgIpc) is 2.44. The summed E-state index contributed by atoms with van der Waals surface area (Å²) in [6, 6.07) is 0. The Bertz CT molecular complexity index is 477. The number of carbonyl (C=O) groups excluding carboxylic acids is 1. The van der Waals surface area contributed by atoms with Crippen LogP contribution in [-0.4, -0.2) is 38.9 Å². The van der Waals surface area contributed by atoms with Gasteiger partial charge in [-0.25, -0.2) is 9.97 Å². The summed E-state index contributed by atoms with van der Waals surface area (Å²) in [7, 11) is 0. The number of nitrogens with one attached hydrogen (secondary N) is 2. The van der Waals surface area contributed by atoms with Gasteiger partial charge in [-0.3, -0.25) is 4.79 Å². The van der Waals surface area contributed by atoms with Crippen molar-refractivity contribution in [3.63, 3.8) is 0 Å². The number of carbonyl (C=O) groups is 1. The fourth-order valence-corrected chi connectivity index (χ4v) is 2.54. The number of hydrogen-bond acceptors (Lipinski definition) is 6. The highest BCUT2D eigenvalue weighted by Gasteiger charge is 2.25. The molecule has 0 fully saturated rings. The molecule has 19 heavy (non-hydrogen) atoms. The molecule has 2 rings (SSSR count). The van der Waals surface area contributed by atoms with Crippen LogP contribution in [0.3, 0.4) is 0 Å². The molecule has 1 aromatic heterocycles. The van der Waals surface area contributed by atoms with Crippen LogP contribution in [0.25, 0.3) is 0 Å². The summed E-state index contributed by atoms with van der Waals surface area (Å²) >= 11 is 1.39. The molecule has 0 bridgehead atoms. The van der Waals surface area contributed by atoms with Crippen LogP contribution < -0.4 is 10.6 Å². The minimum atomic E-state index is -0.760. The Morgan fingerprint density at radius 2 is 2.21 bits per heavy atom. The second kappa shape index (κ2) is 5.75. The van der Waals surface area contributed by atoms with Gasteiger partial charge in [-0.2, -0.15) is 0 Å². The SMILES string of the molecule is CCC(O)(CC)CNc1ncnc2c1NC(=O)CS2. The van der Waals surface area contributed by atoms with Gasteiger partial charge < -0.3 is 15.7 Å². The summed E-state index contributed by atoms with van der Waals surface area (Å²) in [5.41, 5.74) is -0.151. The first-order valence-electron chi connectivity index (χ1n) is 6.32. The molecular formula is C12H18N4O2S. The Hall–Kier alpha value is -1.34. The maximum atomic E-state index is 11.4. The molecule has 1 aliphatic rings. The molecule has 0 saturated heterocycles. The van der Waals surface area contributed by atoms with Gasteiger partial charge in [-0.05, 0) is 12.8 Å². The lowest BCUT2D eigenvalue weighted by Crippen LogP contribution is -2.36. The van der Waals surface area contributed by atoms with Crippen LogP contribution in [0.15, 0.2) is 11.4 Å². The molecule has 0 aromatic carbocycles. The molecule has 1 amide bonds. The van der Waals surface area contributed by atoms with E-state index in [4.69, 9.17) is 0 Å². The third-order valence-corrected chi connectivity index (χ3v) is 4.31. The van der Waals surface area contributed by atoms with E-state index in [0.29, 0.717) is 36.6 Å². The Morgan fingerprint density at radius 3 is 2.89 bits per heavy atom. The highest BCUT2D eigenvalue weighted by molar-refractivity contribution is 8.00. The number of amides is 1. The van der Waals surface area contributed by atoms with Crippen molar-refractivity contribution in [1.82, 2.24) is 9.97 Å². The van der Waals surface area contributed by atoms with Crippen LogP contribution in [0.2, 0.25) is 0 Å². The summed E-state index contributed by atoms with van der Waals surface area (Å²) in [5.74, 6) is 0.875. The third-order valence-electron chi connectivity index (χ3n) is 3.32. The average molecular weight is 282 g/mol. The topological polar surface area (TPSA) is 87.1 Å². The second-order valence-electron chi connectivity index (χ2n) is 4.52. The number of fused-ring (bicyclic) bond motifs is 1. The van der Waals surface area contributed by atoms with Crippen LogP contribution in [-0.2, 0) is 4.79 Å². The summed E-state index contributed by atoms with van der Waals surface area (Å²) < 4.78 is 0. The lowest BCUT2D eigenvalue weighted by atomic mass is 9.98. The molecular weight excluding hydrogens is 264 g/mol. The Kier molecular flexibility index (Phi) is 4.26. The summed E-state index contributed by atoms with van der Waals surface area (Å²) in [5, 5.41) is 16.9. The Labute approximate surface area is 116 Å². The van der Waals surface area contributed by atoms with Gasteiger partial charge in [0.25, 0.3) is 0 Å². The van der Waals surface area contributed by atoms with Crippen LogP contribution in [0.1, 0.15) is 26.7 Å². The van der Waals surface area contributed by atoms with Crippen LogP contribution in [0.4, 0.5) is 11.5 Å². The van der Waals surface area contributed by atoms with Gasteiger partial charge in [-0.1, -0.05) is 25.6 Å². The van der Waals surface area contributed by atoms with Crippen molar-refractivity contribution in [2.75, 3.05) is 22.9 Å². The van der Waals surface area contributed by atoms with E-state index in [1.807, 2.05) is 13.8 Å². The molecule has 6 nitrogen and oxygen atoms in total. The molecule has 0 atom stereocenters. The van der Waals surface area contributed by atoms with Crippen molar-refractivity contribution >= 4 is 29.2 Å². The van der Waals surface area contributed by atoms with E-state index in [2.05, 4.69) is 20.6 Å². The van der Waals surface area contributed by atoms with E-state index in [0.717, 1.165) is 5.03 Å². The van der Waals surface area contributed by atoms with Gasteiger partial charge >= 0.3 is 0 Å². The molecule has 2 heterocycles. The van der Waals surface area contributed by atoms with E-state index in [1.54, 1.807) is 0 Å². The van der Waals surface area contributed by atoms with E-state index in [-0.39, 0.29) is 5.91 Å². The highest BCUT2D eigenvalue weighted by Crippen LogP contribution is 2.33. The number of nitrogens with zero attached hydrogens (tertiary/aromatic N) is 2. The quantitative estimate of drug-likeness (QED) is 0.709. The normalized spacial score (nSPS) is 14.8. The predicted molar refractivity (Wildman–Crippen MR) is 75.4 cm³/mol. The zero-order valence-corrected chi connectivity index (χ0v) is 11.9. The van der Waals surface area contributed by atoms with Gasteiger partial charge in [0.2, 0.25) is 5.91 Å². The monoisotopic (exact) mass is 282 g/mol. The van der Waals surface area contributed by atoms with Crippen LogP contribution in [0, 0.1) is 0 Å². The Balaban J connectivity index is 2.15. The van der Waals surface area contributed by atoms with Crippen molar-refractivity contribution in [2.45, 2.75) is 37.3 Å². The van der Waals surface area contributed by atoms with Crippen molar-refractivity contribution in [3.05, 3.63) is 6.33 Å². The first-order valence-corrected chi connectivity index (χ1v) is 7.30. The van der Waals surface area contributed by atoms with E-state index in [1.165, 1.54) is 18.1 Å². The molecule has 1 aromatic rings. The number of rotatable bonds is 5. The molecule has 0 aliphatic carbocycles. The zero-order chi connectivity index (χ0) is 13.9. The summed E-state index contributed by atoms with van der Waals surface area (Å²) in [4.78, 5) is 19.7. The van der Waals surface area contributed by atoms with Crippen LogP contribution >= 0.6 is 11.8 Å².